The van der Waals surface area contributed by atoms with Crippen molar-refractivity contribution in [2.45, 2.75) is 25.7 Å². The molecule has 4 heteroatoms. The number of hydrogen-bond acceptors (Lipinski definition) is 4. The van der Waals surface area contributed by atoms with Gasteiger partial charge in [-0.2, -0.15) is 21.0 Å². The molecule has 3 aliphatic carbocycles. The van der Waals surface area contributed by atoms with Crippen molar-refractivity contribution in [3.63, 3.8) is 0 Å². The molecule has 0 radical (unpaired) electrons. The Kier molecular flexibility index (Phi) is 1.97. The van der Waals surface area contributed by atoms with Crippen molar-refractivity contribution in [1.29, 1.82) is 21.0 Å². The van der Waals surface area contributed by atoms with Gasteiger partial charge in [0.1, 0.15) is 0 Å². The highest BCUT2D eigenvalue weighted by molar-refractivity contribution is 5.62. The number of rotatable bonds is 2. The number of nitriles is 4. The van der Waals surface area contributed by atoms with E-state index in [4.69, 9.17) is 0 Å². The van der Waals surface area contributed by atoms with E-state index in [0.717, 1.165) is 25.7 Å². The third-order valence-electron chi connectivity index (χ3n) is 5.25. The minimum Gasteiger partial charge on any atom is -0.196 e. The van der Waals surface area contributed by atoms with E-state index in [0.29, 0.717) is 5.57 Å². The molecule has 19 heavy (non-hydrogen) atoms. The summed E-state index contributed by atoms with van der Waals surface area (Å²) in [5.41, 5.74) is -3.27. The van der Waals surface area contributed by atoms with Gasteiger partial charge in [0, 0.05) is 5.41 Å². The fourth-order valence-corrected chi connectivity index (χ4v) is 4.23. The first kappa shape index (κ1) is 11.8. The van der Waals surface area contributed by atoms with Crippen molar-refractivity contribution in [3.8, 4) is 24.3 Å². The van der Waals surface area contributed by atoms with Crippen LogP contribution in [0, 0.1) is 73.4 Å². The predicted molar refractivity (Wildman–Crippen MR) is 64.3 cm³/mol. The molecular weight excluding hydrogens is 236 g/mol. The lowest BCUT2D eigenvalue weighted by Gasteiger charge is -2.61. The highest BCUT2D eigenvalue weighted by Gasteiger charge is 2.85. The molecule has 3 saturated carbocycles. The maximum absolute atomic E-state index is 9.63. The van der Waals surface area contributed by atoms with Crippen LogP contribution in [0.3, 0.4) is 0 Å². The van der Waals surface area contributed by atoms with Crippen molar-refractivity contribution >= 4 is 0 Å². The second-order valence-electron chi connectivity index (χ2n) is 5.84. The van der Waals surface area contributed by atoms with Crippen LogP contribution in [0.4, 0.5) is 0 Å². The first-order valence-corrected chi connectivity index (χ1v) is 6.46. The summed E-state index contributed by atoms with van der Waals surface area (Å²) in [6.07, 6.45) is 3.86. The van der Waals surface area contributed by atoms with Crippen LogP contribution in [0.1, 0.15) is 25.7 Å². The third kappa shape index (κ3) is 0.885. The maximum atomic E-state index is 9.63. The highest BCUT2D eigenvalue weighted by atomic mass is 14.8. The molecule has 3 aliphatic rings. The number of allylic oxidation sites excluding steroid dienone is 1. The fourth-order valence-electron chi connectivity index (χ4n) is 4.23. The summed E-state index contributed by atoms with van der Waals surface area (Å²) >= 11 is 0. The molecule has 0 N–H and O–H groups in total. The second-order valence-corrected chi connectivity index (χ2v) is 5.84. The molecule has 0 unspecified atom stereocenters. The highest BCUT2D eigenvalue weighted by Crippen LogP contribution is 2.82. The van der Waals surface area contributed by atoms with Gasteiger partial charge >= 0.3 is 0 Å². The molecule has 0 aromatic carbocycles. The third-order valence-corrected chi connectivity index (χ3v) is 5.25. The Bertz CT molecular complexity index is 598. The molecule has 0 spiro atoms. The Labute approximate surface area is 112 Å². The van der Waals surface area contributed by atoms with Crippen LogP contribution in [-0.2, 0) is 0 Å². The van der Waals surface area contributed by atoms with Crippen molar-refractivity contribution in [2.24, 2.45) is 28.1 Å². The normalized spacial score (nSPS) is 28.9. The van der Waals surface area contributed by atoms with Gasteiger partial charge in [-0.15, -0.1) is 0 Å². The molecule has 0 saturated heterocycles. The molecule has 0 aromatic rings. The number of nitrogens with zero attached hydrogens (tertiary/aromatic N) is 4. The van der Waals surface area contributed by atoms with E-state index in [1.54, 1.807) is 0 Å². The minimum absolute atomic E-state index is 0.252. The van der Waals surface area contributed by atoms with E-state index in [1.165, 1.54) is 0 Å². The summed E-state index contributed by atoms with van der Waals surface area (Å²) in [6, 6.07) is 7.95. The van der Waals surface area contributed by atoms with Crippen LogP contribution in [0.2, 0.25) is 0 Å². The Morgan fingerprint density at radius 1 is 0.842 bits per heavy atom. The summed E-state index contributed by atoms with van der Waals surface area (Å²) in [6.45, 7) is 3.98. The van der Waals surface area contributed by atoms with Crippen LogP contribution in [-0.4, -0.2) is 0 Å². The summed E-state index contributed by atoms with van der Waals surface area (Å²) in [4.78, 5) is 0. The topological polar surface area (TPSA) is 95.2 Å². The van der Waals surface area contributed by atoms with Crippen molar-refractivity contribution < 1.29 is 0 Å². The lowest BCUT2D eigenvalue weighted by molar-refractivity contribution is -0.0278. The molecule has 0 bridgehead atoms. The quantitative estimate of drug-likeness (QED) is 0.701. The molecule has 3 fully saturated rings. The molecule has 0 atom stereocenters. The van der Waals surface area contributed by atoms with Crippen molar-refractivity contribution in [2.75, 3.05) is 0 Å². The van der Waals surface area contributed by atoms with Crippen LogP contribution in [0.15, 0.2) is 12.2 Å². The summed E-state index contributed by atoms with van der Waals surface area (Å²) in [5, 5.41) is 38.1. The summed E-state index contributed by atoms with van der Waals surface area (Å²) in [7, 11) is 0. The van der Waals surface area contributed by atoms with Crippen LogP contribution < -0.4 is 0 Å². The second kappa shape index (κ2) is 3.17. The Morgan fingerprint density at radius 3 is 1.53 bits per heavy atom. The number of hydrogen-bond donors (Lipinski definition) is 0. The van der Waals surface area contributed by atoms with Gasteiger partial charge in [-0.1, -0.05) is 6.58 Å². The van der Waals surface area contributed by atoms with Crippen molar-refractivity contribution in [1.82, 2.24) is 0 Å². The van der Waals surface area contributed by atoms with E-state index in [-0.39, 0.29) is 11.8 Å². The zero-order valence-electron chi connectivity index (χ0n) is 10.5. The summed E-state index contributed by atoms with van der Waals surface area (Å²) < 4.78 is 0. The molecule has 92 valence electrons. The van der Waals surface area contributed by atoms with Gasteiger partial charge in [0.15, 0.2) is 10.8 Å². The average Bonchev–Trinajstić information content (AvgIpc) is 3.29. The Morgan fingerprint density at radius 2 is 1.26 bits per heavy atom. The Hall–Kier alpha value is -2.30. The zero-order chi connectivity index (χ0) is 13.9. The molecule has 4 nitrogen and oxygen atoms in total. The largest absolute Gasteiger partial charge is 0.197 e. The maximum Gasteiger partial charge on any atom is 0.197 e. The zero-order valence-corrected chi connectivity index (χ0v) is 10.5. The van der Waals surface area contributed by atoms with E-state index in [1.807, 2.05) is 12.1 Å². The van der Waals surface area contributed by atoms with E-state index in [2.05, 4.69) is 18.7 Å². The van der Waals surface area contributed by atoms with E-state index >= 15 is 0 Å². The Balaban J connectivity index is 2.27. The standard InChI is InChI=1S/C15H12N4/c1-10-13(6-16,7-17)14(8-18,9-19)15(10,11-2-3-11)12-4-5-12/h11-12H,1-5H2. The van der Waals surface area contributed by atoms with Crippen molar-refractivity contribution in [3.05, 3.63) is 12.2 Å². The van der Waals surface area contributed by atoms with Gasteiger partial charge in [-0.3, -0.25) is 0 Å². The average molecular weight is 248 g/mol. The molecule has 0 aromatic heterocycles. The van der Waals surface area contributed by atoms with Gasteiger partial charge in [0.25, 0.3) is 0 Å². The molecule has 0 heterocycles. The van der Waals surface area contributed by atoms with Gasteiger partial charge in [-0.25, -0.2) is 0 Å². The molecular formula is C15H12N4. The molecule has 0 aliphatic heterocycles. The fraction of sp³-hybridized carbons (Fsp3) is 0.600. The lowest BCUT2D eigenvalue weighted by atomic mass is 9.32. The minimum atomic E-state index is -1.65. The van der Waals surface area contributed by atoms with E-state index < -0.39 is 16.2 Å². The van der Waals surface area contributed by atoms with Gasteiger partial charge in [0.2, 0.25) is 0 Å². The van der Waals surface area contributed by atoms with Crippen LogP contribution >= 0.6 is 0 Å². The van der Waals surface area contributed by atoms with Gasteiger partial charge in [0.05, 0.1) is 24.3 Å². The SMILES string of the molecule is C=C1C(C#N)(C#N)C(C#N)(C#N)C1(C1CC1)C1CC1. The molecule has 3 rings (SSSR count). The summed E-state index contributed by atoms with van der Waals surface area (Å²) in [5.74, 6) is 0.503. The predicted octanol–water partition coefficient (Wildman–Crippen LogP) is 2.43. The van der Waals surface area contributed by atoms with E-state index in [9.17, 15) is 21.0 Å². The monoisotopic (exact) mass is 248 g/mol. The van der Waals surface area contributed by atoms with Crippen LogP contribution in [0.25, 0.3) is 0 Å². The van der Waals surface area contributed by atoms with Gasteiger partial charge < -0.3 is 0 Å². The van der Waals surface area contributed by atoms with Crippen LogP contribution in [0.5, 0.6) is 0 Å². The first-order chi connectivity index (χ1) is 9.11. The lowest BCUT2D eigenvalue weighted by Crippen LogP contribution is -2.67. The molecule has 0 amide bonds. The smallest absolute Gasteiger partial charge is 0.196 e. The van der Waals surface area contributed by atoms with Gasteiger partial charge in [-0.05, 0) is 43.1 Å². The first-order valence-electron chi connectivity index (χ1n) is 6.46.